The van der Waals surface area contributed by atoms with Gasteiger partial charge in [-0.15, -0.1) is 0 Å². The molecule has 0 bridgehead atoms. The van der Waals surface area contributed by atoms with Crippen LogP contribution in [0.15, 0.2) is 23.6 Å². The third-order valence-corrected chi connectivity index (χ3v) is 2.40. The average Bonchev–Trinajstić information content (AvgIpc) is 2.05. The standard InChI is InChI=1S/C7H11N2O2S/c1-9-4-3-8-7(5-9)12(10)6-11-2/h3-5H,6H2,1-2H3/q+1. The van der Waals surface area contributed by atoms with E-state index in [1.54, 1.807) is 23.2 Å². The summed E-state index contributed by atoms with van der Waals surface area (Å²) < 4.78 is 17.9. The highest BCUT2D eigenvalue weighted by Crippen LogP contribution is 1.97. The average molecular weight is 187 g/mol. The van der Waals surface area contributed by atoms with Gasteiger partial charge in [0.25, 0.3) is 0 Å². The zero-order chi connectivity index (χ0) is 8.97. The summed E-state index contributed by atoms with van der Waals surface area (Å²) in [5.74, 6) is 0.191. The van der Waals surface area contributed by atoms with Crippen LogP contribution in [0.5, 0.6) is 0 Å². The lowest BCUT2D eigenvalue weighted by Crippen LogP contribution is -2.28. The van der Waals surface area contributed by atoms with Gasteiger partial charge in [-0.1, -0.05) is 0 Å². The summed E-state index contributed by atoms with van der Waals surface area (Å²) in [7, 11) is 2.22. The van der Waals surface area contributed by atoms with E-state index in [-0.39, 0.29) is 5.94 Å². The Balaban J connectivity index is 2.81. The molecule has 0 saturated carbocycles. The molecule has 12 heavy (non-hydrogen) atoms. The molecule has 0 aliphatic heterocycles. The van der Waals surface area contributed by atoms with Crippen molar-refractivity contribution in [3.05, 3.63) is 18.6 Å². The summed E-state index contributed by atoms with van der Waals surface area (Å²) >= 11 is 0. The summed E-state index contributed by atoms with van der Waals surface area (Å²) in [5, 5.41) is 0.543. The molecule has 1 rings (SSSR count). The van der Waals surface area contributed by atoms with Crippen LogP contribution in [0.3, 0.4) is 0 Å². The zero-order valence-electron chi connectivity index (χ0n) is 7.06. The predicted molar refractivity (Wildman–Crippen MR) is 43.7 cm³/mol. The lowest BCUT2D eigenvalue weighted by molar-refractivity contribution is -0.674. The van der Waals surface area contributed by atoms with Gasteiger partial charge in [0.15, 0.2) is 11.2 Å². The minimum absolute atomic E-state index is 0.191. The van der Waals surface area contributed by atoms with Crippen LogP contribution in [0.2, 0.25) is 0 Å². The molecule has 0 amide bonds. The molecule has 0 spiro atoms. The van der Waals surface area contributed by atoms with Crippen LogP contribution in [-0.2, 0) is 22.6 Å². The number of ether oxygens (including phenoxy) is 1. The van der Waals surface area contributed by atoms with E-state index in [4.69, 9.17) is 4.74 Å². The lowest BCUT2D eigenvalue weighted by atomic mass is 10.7. The first kappa shape index (κ1) is 9.28. The largest absolute Gasteiger partial charge is 0.371 e. The minimum atomic E-state index is -1.15. The summed E-state index contributed by atoms with van der Waals surface area (Å²) in [6, 6.07) is 0. The van der Waals surface area contributed by atoms with Crippen LogP contribution < -0.4 is 4.57 Å². The summed E-state index contributed by atoms with van der Waals surface area (Å²) in [6.45, 7) is 0. The van der Waals surface area contributed by atoms with Gasteiger partial charge in [-0.05, 0) is 0 Å². The topological polar surface area (TPSA) is 43.1 Å². The van der Waals surface area contributed by atoms with Crippen LogP contribution in [-0.4, -0.2) is 22.2 Å². The maximum Gasteiger partial charge on any atom is 0.203 e. The highest BCUT2D eigenvalue weighted by Gasteiger charge is 2.07. The number of rotatable bonds is 3. The summed E-state index contributed by atoms with van der Waals surface area (Å²) in [4.78, 5) is 3.96. The molecule has 1 heterocycles. The van der Waals surface area contributed by atoms with Gasteiger partial charge in [-0.25, -0.2) is 9.55 Å². The third-order valence-electron chi connectivity index (χ3n) is 1.28. The second-order valence-corrected chi connectivity index (χ2v) is 3.66. The van der Waals surface area contributed by atoms with E-state index in [0.29, 0.717) is 5.03 Å². The van der Waals surface area contributed by atoms with E-state index in [0.717, 1.165) is 0 Å². The van der Waals surface area contributed by atoms with Crippen molar-refractivity contribution in [3.8, 4) is 0 Å². The highest BCUT2D eigenvalue weighted by atomic mass is 32.2. The van der Waals surface area contributed by atoms with Gasteiger partial charge in [0.1, 0.15) is 23.8 Å². The highest BCUT2D eigenvalue weighted by molar-refractivity contribution is 7.84. The van der Waals surface area contributed by atoms with Gasteiger partial charge < -0.3 is 4.74 Å². The molecule has 4 nitrogen and oxygen atoms in total. The molecule has 0 N–H and O–H groups in total. The predicted octanol–water partition coefficient (Wildman–Crippen LogP) is -0.382. The minimum Gasteiger partial charge on any atom is -0.371 e. The molecular weight excluding hydrogens is 176 g/mol. The SMILES string of the molecule is COCS(=O)c1c[n+](C)ccn1. The molecular formula is C7H11N2O2S+. The first-order valence-electron chi connectivity index (χ1n) is 3.42. The molecule has 0 aromatic carbocycles. The van der Waals surface area contributed by atoms with Gasteiger partial charge >= 0.3 is 0 Å². The van der Waals surface area contributed by atoms with Crippen molar-refractivity contribution >= 4 is 10.8 Å². The Morgan fingerprint density at radius 2 is 2.50 bits per heavy atom. The molecule has 66 valence electrons. The Labute approximate surface area is 73.7 Å². The number of hydrogen-bond acceptors (Lipinski definition) is 3. The molecule has 0 saturated heterocycles. The van der Waals surface area contributed by atoms with E-state index >= 15 is 0 Å². The molecule has 1 aromatic heterocycles. The third kappa shape index (κ3) is 2.35. The number of methoxy groups -OCH3 is 1. The van der Waals surface area contributed by atoms with Crippen molar-refractivity contribution in [2.24, 2.45) is 7.05 Å². The van der Waals surface area contributed by atoms with Crippen LogP contribution in [0.25, 0.3) is 0 Å². The van der Waals surface area contributed by atoms with Crippen LogP contribution in [0.1, 0.15) is 0 Å². The molecule has 1 aromatic rings. The lowest BCUT2D eigenvalue weighted by Gasteiger charge is -1.96. The van der Waals surface area contributed by atoms with Gasteiger partial charge in [0.05, 0.1) is 6.20 Å². The maximum atomic E-state index is 11.3. The van der Waals surface area contributed by atoms with Crippen molar-refractivity contribution in [1.29, 1.82) is 0 Å². The first-order valence-corrected chi connectivity index (χ1v) is 4.74. The van der Waals surface area contributed by atoms with E-state index < -0.39 is 10.8 Å². The molecule has 0 radical (unpaired) electrons. The number of aryl methyl sites for hydroxylation is 1. The Kier molecular flexibility index (Phi) is 3.31. The van der Waals surface area contributed by atoms with E-state index in [1.807, 2.05) is 7.05 Å². The molecule has 5 heteroatoms. The summed E-state index contributed by atoms with van der Waals surface area (Å²) in [6.07, 6.45) is 5.12. The van der Waals surface area contributed by atoms with Gasteiger partial charge in [-0.3, -0.25) is 4.21 Å². The second kappa shape index (κ2) is 4.27. The van der Waals surface area contributed by atoms with Crippen LogP contribution in [0, 0.1) is 0 Å². The number of aromatic nitrogens is 2. The van der Waals surface area contributed by atoms with E-state index in [2.05, 4.69) is 4.98 Å². The number of nitrogens with zero attached hydrogens (tertiary/aromatic N) is 2. The van der Waals surface area contributed by atoms with Crippen molar-refractivity contribution in [1.82, 2.24) is 4.98 Å². The van der Waals surface area contributed by atoms with Gasteiger partial charge in [-0.2, -0.15) is 0 Å². The fraction of sp³-hybridized carbons (Fsp3) is 0.429. The Morgan fingerprint density at radius 1 is 1.75 bits per heavy atom. The van der Waals surface area contributed by atoms with Crippen molar-refractivity contribution in [3.63, 3.8) is 0 Å². The van der Waals surface area contributed by atoms with Crippen molar-refractivity contribution in [2.75, 3.05) is 13.0 Å². The quantitative estimate of drug-likeness (QED) is 0.606. The fourth-order valence-electron chi connectivity index (χ4n) is 0.748. The zero-order valence-corrected chi connectivity index (χ0v) is 7.87. The first-order chi connectivity index (χ1) is 5.74. The molecule has 1 atom stereocenters. The van der Waals surface area contributed by atoms with E-state index in [1.165, 1.54) is 7.11 Å². The second-order valence-electron chi connectivity index (χ2n) is 2.31. The Bertz CT molecular complexity index is 290. The smallest absolute Gasteiger partial charge is 0.203 e. The van der Waals surface area contributed by atoms with Gasteiger partial charge in [0, 0.05) is 7.11 Å². The fourth-order valence-corrected chi connectivity index (χ4v) is 1.54. The van der Waals surface area contributed by atoms with Crippen molar-refractivity contribution < 1.29 is 13.5 Å². The van der Waals surface area contributed by atoms with Crippen LogP contribution >= 0.6 is 0 Å². The maximum absolute atomic E-state index is 11.3. The van der Waals surface area contributed by atoms with E-state index in [9.17, 15) is 4.21 Å². The van der Waals surface area contributed by atoms with Gasteiger partial charge in [0.2, 0.25) is 6.20 Å². The van der Waals surface area contributed by atoms with Crippen LogP contribution in [0.4, 0.5) is 0 Å². The molecule has 0 aliphatic rings. The Hall–Kier alpha value is -0.810. The number of hydrogen-bond donors (Lipinski definition) is 0. The molecule has 0 aliphatic carbocycles. The molecule has 0 fully saturated rings. The molecule has 1 unspecified atom stereocenters. The summed E-state index contributed by atoms with van der Waals surface area (Å²) in [5.41, 5.74) is 0. The van der Waals surface area contributed by atoms with Crippen molar-refractivity contribution in [2.45, 2.75) is 5.03 Å². The Morgan fingerprint density at radius 3 is 3.08 bits per heavy atom. The normalized spacial score (nSPS) is 12.8. The monoisotopic (exact) mass is 187 g/mol.